The molecule has 0 aliphatic carbocycles. The zero-order chi connectivity index (χ0) is 18.4. The Kier molecular flexibility index (Phi) is 3.68. The number of hydrogen-bond donors (Lipinski definition) is 2. The molecule has 2 heterocycles. The number of nitrogens with zero attached hydrogens (tertiary/aromatic N) is 2. The number of ether oxygens (including phenoxy) is 1. The first-order valence-electron chi connectivity index (χ1n) is 8.29. The fraction of sp³-hybridized carbons (Fsp3) is 0.150. The number of halogens is 1. The fourth-order valence-corrected chi connectivity index (χ4v) is 3.31. The second-order valence-electron chi connectivity index (χ2n) is 6.07. The maximum absolute atomic E-state index is 14.6. The fourth-order valence-electron chi connectivity index (χ4n) is 3.31. The van der Waals surface area contributed by atoms with Gasteiger partial charge in [0.1, 0.15) is 11.6 Å². The topological polar surface area (TPSA) is 73.3 Å². The highest BCUT2D eigenvalue weighted by molar-refractivity contribution is 6.12. The first kappa shape index (κ1) is 16.2. The number of aromatic hydroxyl groups is 1. The van der Waals surface area contributed by atoms with Crippen molar-refractivity contribution in [1.29, 1.82) is 0 Å². The molecule has 0 saturated carbocycles. The molecule has 2 aromatic carbocycles. The van der Waals surface area contributed by atoms with Gasteiger partial charge in [0.05, 0.1) is 29.2 Å². The molecule has 0 bridgehead atoms. The Hall–Kier alpha value is -3.28. The number of para-hydroxylation sites is 1. The number of hydrogen-bond acceptors (Lipinski definition) is 4. The molecule has 0 aliphatic rings. The van der Waals surface area contributed by atoms with Gasteiger partial charge in [0.15, 0.2) is 0 Å². The van der Waals surface area contributed by atoms with Crippen LogP contribution in [0.4, 0.5) is 10.1 Å². The first-order valence-corrected chi connectivity index (χ1v) is 8.29. The molecule has 6 heteroatoms. The van der Waals surface area contributed by atoms with E-state index in [0.29, 0.717) is 50.9 Å². The van der Waals surface area contributed by atoms with Crippen molar-refractivity contribution in [3.8, 4) is 22.8 Å². The normalized spacial score (nSPS) is 11.3. The zero-order valence-electron chi connectivity index (χ0n) is 14.5. The van der Waals surface area contributed by atoms with E-state index in [0.717, 1.165) is 0 Å². The summed E-state index contributed by atoms with van der Waals surface area (Å²) in [7, 11) is 1.50. The van der Waals surface area contributed by atoms with Crippen molar-refractivity contribution in [3.63, 3.8) is 0 Å². The van der Waals surface area contributed by atoms with Gasteiger partial charge in [-0.05, 0) is 19.1 Å². The summed E-state index contributed by atoms with van der Waals surface area (Å²) in [6, 6.07) is 10.2. The Morgan fingerprint density at radius 3 is 2.73 bits per heavy atom. The van der Waals surface area contributed by atoms with E-state index >= 15 is 0 Å². The Morgan fingerprint density at radius 2 is 2.04 bits per heavy atom. The Balaban J connectivity index is 2.06. The molecule has 0 atom stereocenters. The van der Waals surface area contributed by atoms with E-state index in [-0.39, 0.29) is 5.88 Å². The predicted molar refractivity (Wildman–Crippen MR) is 101 cm³/mol. The van der Waals surface area contributed by atoms with Crippen LogP contribution in [0.5, 0.6) is 11.6 Å². The summed E-state index contributed by atoms with van der Waals surface area (Å²) in [5.41, 5.74) is 8.99. The number of fused-ring (bicyclic) bond motifs is 2. The lowest BCUT2D eigenvalue weighted by atomic mass is 9.99. The third-order valence-electron chi connectivity index (χ3n) is 4.66. The quantitative estimate of drug-likeness (QED) is 0.577. The third-order valence-corrected chi connectivity index (χ3v) is 4.66. The number of anilines is 1. The highest BCUT2D eigenvalue weighted by Gasteiger charge is 2.18. The van der Waals surface area contributed by atoms with Crippen molar-refractivity contribution in [3.05, 3.63) is 48.4 Å². The first-order chi connectivity index (χ1) is 12.5. The van der Waals surface area contributed by atoms with Gasteiger partial charge in [0.25, 0.3) is 0 Å². The molecule has 2 aromatic heterocycles. The molecular formula is C20H18FN3O2. The minimum Gasteiger partial charge on any atom is -0.497 e. The molecule has 3 N–H and O–H groups in total. The lowest BCUT2D eigenvalue weighted by molar-refractivity contribution is 0.411. The van der Waals surface area contributed by atoms with Crippen LogP contribution in [-0.2, 0) is 6.54 Å². The maximum atomic E-state index is 14.6. The van der Waals surface area contributed by atoms with Gasteiger partial charge in [0.2, 0.25) is 5.88 Å². The van der Waals surface area contributed by atoms with Crippen LogP contribution >= 0.6 is 0 Å². The molecule has 0 saturated heterocycles. The van der Waals surface area contributed by atoms with Gasteiger partial charge in [-0.1, -0.05) is 18.2 Å². The second kappa shape index (κ2) is 5.91. The van der Waals surface area contributed by atoms with Crippen molar-refractivity contribution < 1.29 is 14.2 Å². The summed E-state index contributed by atoms with van der Waals surface area (Å²) in [6.07, 6.45) is 1.75. The second-order valence-corrected chi connectivity index (χ2v) is 6.07. The van der Waals surface area contributed by atoms with Crippen LogP contribution in [0.2, 0.25) is 0 Å². The van der Waals surface area contributed by atoms with Gasteiger partial charge in [-0.15, -0.1) is 0 Å². The number of pyridine rings is 1. The number of aryl methyl sites for hydroxylation is 1. The molecule has 0 fully saturated rings. The SMILES string of the molecule is CCn1cc2nc3c(-c4ccc(OC)cc4F)cccc3c(N)c2c1O. The minimum absolute atomic E-state index is 0.0930. The minimum atomic E-state index is -0.397. The largest absolute Gasteiger partial charge is 0.497 e. The average molecular weight is 351 g/mol. The number of aromatic nitrogens is 2. The molecule has 0 unspecified atom stereocenters. The van der Waals surface area contributed by atoms with Crippen LogP contribution < -0.4 is 10.5 Å². The monoisotopic (exact) mass is 351 g/mol. The standard InChI is InChI=1S/C20H18FN3O2/c1-3-24-10-16-17(20(24)25)18(22)14-6-4-5-13(19(14)23-16)12-8-7-11(26-2)9-15(12)21/h4-10,25H,3,22H2,1-2H3. The summed E-state index contributed by atoms with van der Waals surface area (Å²) in [5, 5.41) is 11.6. The lowest BCUT2D eigenvalue weighted by Crippen LogP contribution is -1.94. The Morgan fingerprint density at radius 1 is 1.23 bits per heavy atom. The molecule has 0 aliphatic heterocycles. The number of methoxy groups -OCH3 is 1. The van der Waals surface area contributed by atoms with Crippen LogP contribution in [0.3, 0.4) is 0 Å². The van der Waals surface area contributed by atoms with Crippen LogP contribution in [0.1, 0.15) is 6.92 Å². The van der Waals surface area contributed by atoms with Crippen molar-refractivity contribution in [1.82, 2.24) is 9.55 Å². The molecular weight excluding hydrogens is 333 g/mol. The van der Waals surface area contributed by atoms with Crippen LogP contribution in [-0.4, -0.2) is 21.8 Å². The van der Waals surface area contributed by atoms with Crippen molar-refractivity contribution in [2.24, 2.45) is 0 Å². The molecule has 5 nitrogen and oxygen atoms in total. The molecule has 0 amide bonds. The van der Waals surface area contributed by atoms with Crippen molar-refractivity contribution >= 4 is 27.5 Å². The molecule has 0 spiro atoms. The van der Waals surface area contributed by atoms with Gasteiger partial charge in [-0.3, -0.25) is 0 Å². The Bertz CT molecular complexity index is 1150. The highest BCUT2D eigenvalue weighted by Crippen LogP contribution is 2.39. The van der Waals surface area contributed by atoms with Crippen LogP contribution in [0.15, 0.2) is 42.6 Å². The summed E-state index contributed by atoms with van der Waals surface area (Å²) < 4.78 is 21.4. The third kappa shape index (κ3) is 2.26. The van der Waals surface area contributed by atoms with Crippen molar-refractivity contribution in [2.75, 3.05) is 12.8 Å². The number of nitrogen functional groups attached to an aromatic ring is 1. The van der Waals surface area contributed by atoms with E-state index in [4.69, 9.17) is 10.5 Å². The van der Waals surface area contributed by atoms with E-state index in [1.807, 2.05) is 19.1 Å². The molecule has 132 valence electrons. The van der Waals surface area contributed by atoms with Crippen LogP contribution in [0.25, 0.3) is 32.9 Å². The van der Waals surface area contributed by atoms with Gasteiger partial charge in [-0.25, -0.2) is 9.37 Å². The summed E-state index contributed by atoms with van der Waals surface area (Å²) in [5.74, 6) is 0.146. The lowest BCUT2D eigenvalue weighted by Gasteiger charge is -2.11. The van der Waals surface area contributed by atoms with E-state index < -0.39 is 5.82 Å². The maximum Gasteiger partial charge on any atom is 0.202 e. The summed E-state index contributed by atoms with van der Waals surface area (Å²) in [6.45, 7) is 2.52. The van der Waals surface area contributed by atoms with E-state index in [1.165, 1.54) is 13.2 Å². The zero-order valence-corrected chi connectivity index (χ0v) is 14.5. The number of benzene rings is 2. The van der Waals surface area contributed by atoms with Gasteiger partial charge < -0.3 is 20.1 Å². The van der Waals surface area contributed by atoms with Gasteiger partial charge in [-0.2, -0.15) is 0 Å². The molecule has 26 heavy (non-hydrogen) atoms. The van der Waals surface area contributed by atoms with Crippen molar-refractivity contribution in [2.45, 2.75) is 13.5 Å². The highest BCUT2D eigenvalue weighted by atomic mass is 19.1. The van der Waals surface area contributed by atoms with E-state index in [9.17, 15) is 9.50 Å². The smallest absolute Gasteiger partial charge is 0.202 e. The average Bonchev–Trinajstić information content (AvgIpc) is 2.97. The number of rotatable bonds is 3. The molecule has 4 rings (SSSR count). The molecule has 0 radical (unpaired) electrons. The number of nitrogens with two attached hydrogens (primary N) is 1. The van der Waals surface area contributed by atoms with Gasteiger partial charge >= 0.3 is 0 Å². The Labute approximate surface area is 149 Å². The predicted octanol–water partition coefficient (Wildman–Crippen LogP) is 4.31. The molecule has 4 aromatic rings. The van der Waals surface area contributed by atoms with Gasteiger partial charge in [0, 0.05) is 35.3 Å². The van der Waals surface area contributed by atoms with Crippen LogP contribution in [0, 0.1) is 5.82 Å². The van der Waals surface area contributed by atoms with E-state index in [1.54, 1.807) is 29.0 Å². The summed E-state index contributed by atoms with van der Waals surface area (Å²) >= 11 is 0. The van der Waals surface area contributed by atoms with E-state index in [2.05, 4.69) is 4.98 Å². The summed E-state index contributed by atoms with van der Waals surface area (Å²) in [4.78, 5) is 4.67.